The third-order valence-corrected chi connectivity index (χ3v) is 2.66. The van der Waals surface area contributed by atoms with Crippen LogP contribution in [0.4, 0.5) is 0 Å². The minimum absolute atomic E-state index is 0.161. The highest BCUT2D eigenvalue weighted by Gasteiger charge is 2.24. The zero-order valence-electron chi connectivity index (χ0n) is 6.75. The van der Waals surface area contributed by atoms with Gasteiger partial charge >= 0.3 is 0 Å². The quantitative estimate of drug-likeness (QED) is 0.695. The zero-order valence-corrected chi connectivity index (χ0v) is 8.34. The number of rotatable bonds is 1. The molecule has 0 fully saturated rings. The molecule has 2 atom stereocenters. The fourth-order valence-corrected chi connectivity index (χ4v) is 1.76. The minimum Gasteiger partial charge on any atom is -0.366 e. The molecule has 0 saturated carbocycles. The van der Waals surface area contributed by atoms with E-state index in [1.165, 1.54) is 0 Å². The molecule has 2 unspecified atom stereocenters. The van der Waals surface area contributed by atoms with Crippen molar-refractivity contribution in [2.75, 3.05) is 0 Å². The van der Waals surface area contributed by atoms with Gasteiger partial charge in [-0.25, -0.2) is 0 Å². The number of hydrogen-bond donors (Lipinski definition) is 2. The molecule has 0 heterocycles. The van der Waals surface area contributed by atoms with Gasteiger partial charge in [-0.2, -0.15) is 0 Å². The molecule has 0 bridgehead atoms. The molecule has 12 heavy (non-hydrogen) atoms. The first-order valence-electron chi connectivity index (χ1n) is 3.67. The second-order valence-electron chi connectivity index (χ2n) is 2.87. The largest absolute Gasteiger partial charge is 0.366 e. The van der Waals surface area contributed by atoms with Gasteiger partial charge in [0.2, 0.25) is 5.91 Å². The molecule has 0 aromatic rings. The van der Waals surface area contributed by atoms with Crippen molar-refractivity contribution in [2.45, 2.75) is 13.0 Å². The standard InChI is InChI=1S/C8H11BrN2O/c1-4-2-3-5(9)6(7(4)10)8(11)12/h2-4,7H,10H2,1H3,(H2,11,12). The molecule has 1 aliphatic rings. The molecular weight excluding hydrogens is 220 g/mol. The number of carbonyl (C=O) groups excluding carboxylic acids is 1. The van der Waals surface area contributed by atoms with Crippen molar-refractivity contribution >= 4 is 21.8 Å². The van der Waals surface area contributed by atoms with Gasteiger partial charge < -0.3 is 11.5 Å². The Labute approximate surface area is 79.6 Å². The molecule has 3 nitrogen and oxygen atoms in total. The van der Waals surface area contributed by atoms with Crippen molar-refractivity contribution in [1.29, 1.82) is 0 Å². The molecule has 0 aromatic carbocycles. The van der Waals surface area contributed by atoms with Crippen molar-refractivity contribution < 1.29 is 4.79 Å². The van der Waals surface area contributed by atoms with E-state index in [0.29, 0.717) is 10.1 Å². The number of primary amides is 1. The molecule has 66 valence electrons. The van der Waals surface area contributed by atoms with Gasteiger partial charge in [-0.3, -0.25) is 4.79 Å². The molecule has 1 aliphatic carbocycles. The maximum atomic E-state index is 10.9. The van der Waals surface area contributed by atoms with Gasteiger partial charge in [0.25, 0.3) is 0 Å². The van der Waals surface area contributed by atoms with Crippen LogP contribution in [0.5, 0.6) is 0 Å². The first kappa shape index (κ1) is 9.48. The number of nitrogens with two attached hydrogens (primary N) is 2. The maximum absolute atomic E-state index is 10.9. The van der Waals surface area contributed by atoms with Crippen LogP contribution in [-0.4, -0.2) is 11.9 Å². The summed E-state index contributed by atoms with van der Waals surface area (Å²) in [6.45, 7) is 1.95. The fourth-order valence-electron chi connectivity index (χ4n) is 1.15. The maximum Gasteiger partial charge on any atom is 0.247 e. The summed E-state index contributed by atoms with van der Waals surface area (Å²) in [5, 5.41) is 0. The second kappa shape index (κ2) is 3.41. The normalized spacial score (nSPS) is 29.2. The molecule has 0 saturated heterocycles. The first-order chi connectivity index (χ1) is 5.54. The summed E-state index contributed by atoms with van der Waals surface area (Å²) in [5.74, 6) is -0.292. The van der Waals surface area contributed by atoms with Crippen LogP contribution >= 0.6 is 15.9 Å². The van der Waals surface area contributed by atoms with Crippen molar-refractivity contribution in [3.05, 3.63) is 22.2 Å². The summed E-state index contributed by atoms with van der Waals surface area (Å²) in [6, 6.07) is -0.290. The Morgan fingerprint density at radius 1 is 1.67 bits per heavy atom. The van der Waals surface area contributed by atoms with Gasteiger partial charge in [-0.1, -0.05) is 35.0 Å². The minimum atomic E-state index is -0.453. The summed E-state index contributed by atoms with van der Waals surface area (Å²) in [6.07, 6.45) is 3.76. The van der Waals surface area contributed by atoms with E-state index in [0.717, 1.165) is 0 Å². The topological polar surface area (TPSA) is 69.1 Å². The lowest BCUT2D eigenvalue weighted by molar-refractivity contribution is -0.114. The van der Waals surface area contributed by atoms with E-state index in [2.05, 4.69) is 15.9 Å². The van der Waals surface area contributed by atoms with Gasteiger partial charge in [0.05, 0.1) is 0 Å². The van der Waals surface area contributed by atoms with Crippen LogP contribution in [0.15, 0.2) is 22.2 Å². The molecule has 0 radical (unpaired) electrons. The first-order valence-corrected chi connectivity index (χ1v) is 4.46. The average molecular weight is 231 g/mol. The Hall–Kier alpha value is -0.610. The molecule has 0 aromatic heterocycles. The summed E-state index contributed by atoms with van der Waals surface area (Å²) in [5.41, 5.74) is 11.4. The van der Waals surface area contributed by atoms with E-state index in [1.807, 2.05) is 19.1 Å². The van der Waals surface area contributed by atoms with Crippen LogP contribution < -0.4 is 11.5 Å². The molecule has 4 heteroatoms. The third-order valence-electron chi connectivity index (χ3n) is 1.97. The number of carbonyl (C=O) groups is 1. The van der Waals surface area contributed by atoms with E-state index < -0.39 is 5.91 Å². The molecule has 0 aliphatic heterocycles. The Balaban J connectivity index is 3.05. The number of hydrogen-bond acceptors (Lipinski definition) is 2. The van der Waals surface area contributed by atoms with Gasteiger partial charge in [-0.15, -0.1) is 0 Å². The highest BCUT2D eigenvalue weighted by atomic mass is 79.9. The summed E-state index contributed by atoms with van der Waals surface area (Å²) < 4.78 is 0.695. The van der Waals surface area contributed by atoms with Crippen LogP contribution in [0.2, 0.25) is 0 Å². The number of allylic oxidation sites excluding steroid dienone is 2. The summed E-state index contributed by atoms with van der Waals surface area (Å²) >= 11 is 3.24. The van der Waals surface area contributed by atoms with E-state index in [4.69, 9.17) is 11.5 Å². The van der Waals surface area contributed by atoms with E-state index in [1.54, 1.807) is 0 Å². The van der Waals surface area contributed by atoms with Crippen LogP contribution in [0.25, 0.3) is 0 Å². The van der Waals surface area contributed by atoms with Crippen molar-refractivity contribution in [1.82, 2.24) is 0 Å². The van der Waals surface area contributed by atoms with E-state index in [9.17, 15) is 4.79 Å². The van der Waals surface area contributed by atoms with Crippen LogP contribution in [0, 0.1) is 5.92 Å². The van der Waals surface area contributed by atoms with Crippen molar-refractivity contribution in [3.63, 3.8) is 0 Å². The lowest BCUT2D eigenvalue weighted by Gasteiger charge is -2.22. The zero-order chi connectivity index (χ0) is 9.30. The number of halogens is 1. The van der Waals surface area contributed by atoms with Crippen LogP contribution in [-0.2, 0) is 4.79 Å². The molecule has 1 amide bonds. The SMILES string of the molecule is CC1C=CC(Br)=C(C(N)=O)C1N. The Bertz CT molecular complexity index is 270. The van der Waals surface area contributed by atoms with Gasteiger partial charge in [0.15, 0.2) is 0 Å². The lowest BCUT2D eigenvalue weighted by atomic mass is 9.90. The molecule has 0 spiro atoms. The summed E-state index contributed by atoms with van der Waals surface area (Å²) in [4.78, 5) is 10.9. The monoisotopic (exact) mass is 230 g/mol. The van der Waals surface area contributed by atoms with Crippen LogP contribution in [0.3, 0.4) is 0 Å². The van der Waals surface area contributed by atoms with Crippen molar-refractivity contribution in [2.24, 2.45) is 17.4 Å². The second-order valence-corrected chi connectivity index (χ2v) is 3.72. The summed E-state index contributed by atoms with van der Waals surface area (Å²) in [7, 11) is 0. The third kappa shape index (κ3) is 1.59. The van der Waals surface area contributed by atoms with E-state index >= 15 is 0 Å². The molecular formula is C8H11BrN2O. The fraction of sp³-hybridized carbons (Fsp3) is 0.375. The Morgan fingerprint density at radius 2 is 2.25 bits per heavy atom. The van der Waals surface area contributed by atoms with Crippen molar-refractivity contribution in [3.8, 4) is 0 Å². The number of amides is 1. The van der Waals surface area contributed by atoms with Crippen LogP contribution in [0.1, 0.15) is 6.92 Å². The molecule has 1 rings (SSSR count). The highest BCUT2D eigenvalue weighted by molar-refractivity contribution is 9.12. The lowest BCUT2D eigenvalue weighted by Crippen LogP contribution is -2.37. The van der Waals surface area contributed by atoms with Gasteiger partial charge in [-0.05, 0) is 5.92 Å². The van der Waals surface area contributed by atoms with E-state index in [-0.39, 0.29) is 12.0 Å². The van der Waals surface area contributed by atoms with Gasteiger partial charge in [0.1, 0.15) is 0 Å². The smallest absolute Gasteiger partial charge is 0.247 e. The Kier molecular flexibility index (Phi) is 2.69. The predicted octanol–water partition coefficient (Wildman–Crippen LogP) is 0.654. The molecule has 4 N–H and O–H groups in total. The Morgan fingerprint density at radius 3 is 2.67 bits per heavy atom. The van der Waals surface area contributed by atoms with Gasteiger partial charge in [0, 0.05) is 16.1 Å². The average Bonchev–Trinajstić information content (AvgIpc) is 1.97. The predicted molar refractivity (Wildman–Crippen MR) is 51.4 cm³/mol. The highest BCUT2D eigenvalue weighted by Crippen LogP contribution is 2.25.